The Labute approximate surface area is 199 Å². The van der Waals surface area contributed by atoms with E-state index in [2.05, 4.69) is 16.3 Å². The second kappa shape index (κ2) is 10.9. The summed E-state index contributed by atoms with van der Waals surface area (Å²) in [6, 6.07) is 19.1. The van der Waals surface area contributed by atoms with Crippen LogP contribution >= 0.6 is 0 Å². The zero-order valence-electron chi connectivity index (χ0n) is 19.5. The molecule has 0 aromatic heterocycles. The van der Waals surface area contributed by atoms with E-state index in [4.69, 9.17) is 14.2 Å². The molecule has 1 aliphatic heterocycles. The first-order valence-corrected chi connectivity index (χ1v) is 11.3. The van der Waals surface area contributed by atoms with E-state index in [1.165, 1.54) is 7.11 Å². The van der Waals surface area contributed by atoms with E-state index in [-0.39, 0.29) is 11.7 Å². The number of anilines is 1. The van der Waals surface area contributed by atoms with Crippen molar-refractivity contribution in [1.29, 1.82) is 0 Å². The number of methoxy groups -OCH3 is 2. The zero-order valence-corrected chi connectivity index (χ0v) is 19.5. The number of carbonyl (C=O) groups excluding carboxylic acids is 1. The van der Waals surface area contributed by atoms with Gasteiger partial charge in [0.05, 0.1) is 33.0 Å². The Morgan fingerprint density at radius 1 is 0.941 bits per heavy atom. The lowest BCUT2D eigenvalue weighted by molar-refractivity contribution is 0.0949. The summed E-state index contributed by atoms with van der Waals surface area (Å²) in [6.45, 7) is 3.05. The molecule has 0 aliphatic carbocycles. The number of phenols is 1. The average molecular weight is 463 g/mol. The van der Waals surface area contributed by atoms with Gasteiger partial charge in [-0.15, -0.1) is 0 Å². The highest BCUT2D eigenvalue weighted by molar-refractivity contribution is 6.00. The summed E-state index contributed by atoms with van der Waals surface area (Å²) in [7, 11) is 3.15. The topological polar surface area (TPSA) is 80.3 Å². The van der Waals surface area contributed by atoms with E-state index in [1.54, 1.807) is 19.2 Å². The molecule has 1 saturated heterocycles. The summed E-state index contributed by atoms with van der Waals surface area (Å²) in [5.41, 5.74) is 4.51. The van der Waals surface area contributed by atoms with E-state index < -0.39 is 0 Å². The maximum Gasteiger partial charge on any atom is 0.253 e. The minimum atomic E-state index is -0.159. The van der Waals surface area contributed by atoms with Crippen LogP contribution < -0.4 is 19.7 Å². The van der Waals surface area contributed by atoms with E-state index in [9.17, 15) is 9.90 Å². The van der Waals surface area contributed by atoms with Crippen molar-refractivity contribution in [3.05, 3.63) is 82.9 Å². The summed E-state index contributed by atoms with van der Waals surface area (Å²) in [5, 5.41) is 13.0. The van der Waals surface area contributed by atoms with Crippen molar-refractivity contribution < 1.29 is 24.1 Å². The molecule has 1 fully saturated rings. The van der Waals surface area contributed by atoms with E-state index in [0.29, 0.717) is 37.5 Å². The maximum absolute atomic E-state index is 13.3. The van der Waals surface area contributed by atoms with E-state index >= 15 is 0 Å². The molecule has 0 unspecified atom stereocenters. The number of carbonyl (C=O) groups is 1. The summed E-state index contributed by atoms with van der Waals surface area (Å²) >= 11 is 0. The summed E-state index contributed by atoms with van der Waals surface area (Å²) in [5.74, 6) is 1.10. The highest BCUT2D eigenvalue weighted by Gasteiger charge is 2.20. The fraction of sp³-hybridized carbons (Fsp3) is 0.296. The van der Waals surface area contributed by atoms with Crippen LogP contribution in [0.1, 0.15) is 27.0 Å². The summed E-state index contributed by atoms with van der Waals surface area (Å²) in [4.78, 5) is 15.5. The number of nitrogens with one attached hydrogen (secondary N) is 1. The number of hydrogen-bond donors (Lipinski definition) is 2. The monoisotopic (exact) mass is 462 g/mol. The molecule has 3 aromatic carbocycles. The van der Waals surface area contributed by atoms with Crippen LogP contribution in [0.5, 0.6) is 17.2 Å². The summed E-state index contributed by atoms with van der Waals surface area (Å²) < 4.78 is 15.8. The van der Waals surface area contributed by atoms with Crippen LogP contribution in [-0.2, 0) is 17.7 Å². The second-order valence-corrected chi connectivity index (χ2v) is 8.16. The van der Waals surface area contributed by atoms with Gasteiger partial charge in [-0.25, -0.2) is 0 Å². The number of rotatable bonds is 8. The number of phenolic OH excluding ortho intramolecular Hbond substituents is 1. The Hall–Kier alpha value is -3.71. The fourth-order valence-corrected chi connectivity index (χ4v) is 4.06. The van der Waals surface area contributed by atoms with Crippen molar-refractivity contribution in [2.75, 3.05) is 45.4 Å². The molecular weight excluding hydrogens is 432 g/mol. The average Bonchev–Trinajstić information content (AvgIpc) is 2.88. The molecule has 0 saturated carbocycles. The van der Waals surface area contributed by atoms with Crippen LogP contribution in [0.15, 0.2) is 60.7 Å². The van der Waals surface area contributed by atoms with Crippen molar-refractivity contribution in [2.24, 2.45) is 0 Å². The minimum absolute atomic E-state index is 0.0461. The molecule has 1 amide bonds. The lowest BCUT2D eigenvalue weighted by Crippen LogP contribution is -2.38. The Kier molecular flexibility index (Phi) is 7.54. The molecule has 7 heteroatoms. The largest absolute Gasteiger partial charge is 0.504 e. The first-order chi connectivity index (χ1) is 16.6. The van der Waals surface area contributed by atoms with Gasteiger partial charge in [0.15, 0.2) is 11.5 Å². The third kappa shape index (κ3) is 5.61. The van der Waals surface area contributed by atoms with Gasteiger partial charge in [-0.1, -0.05) is 24.3 Å². The highest BCUT2D eigenvalue weighted by atomic mass is 16.5. The highest BCUT2D eigenvalue weighted by Crippen LogP contribution is 2.27. The Morgan fingerprint density at radius 3 is 2.32 bits per heavy atom. The normalized spacial score (nSPS) is 13.4. The van der Waals surface area contributed by atoms with Gasteiger partial charge in [0.25, 0.3) is 5.91 Å². The number of morpholine rings is 1. The first-order valence-electron chi connectivity index (χ1n) is 11.3. The predicted molar refractivity (Wildman–Crippen MR) is 131 cm³/mol. The lowest BCUT2D eigenvalue weighted by Gasteiger charge is -2.30. The van der Waals surface area contributed by atoms with Crippen LogP contribution in [-0.4, -0.2) is 51.5 Å². The van der Waals surface area contributed by atoms with Gasteiger partial charge < -0.3 is 29.5 Å². The molecule has 0 spiro atoms. The van der Waals surface area contributed by atoms with Crippen molar-refractivity contribution in [2.45, 2.75) is 13.0 Å². The molecule has 7 nitrogen and oxygen atoms in total. The molecule has 2 N–H and O–H groups in total. The van der Waals surface area contributed by atoms with Gasteiger partial charge in [-0.3, -0.25) is 4.79 Å². The molecular formula is C27H30N2O5. The fourth-order valence-electron chi connectivity index (χ4n) is 4.06. The van der Waals surface area contributed by atoms with E-state index in [0.717, 1.165) is 41.2 Å². The molecule has 34 heavy (non-hydrogen) atoms. The van der Waals surface area contributed by atoms with Crippen molar-refractivity contribution in [3.63, 3.8) is 0 Å². The van der Waals surface area contributed by atoms with E-state index in [1.807, 2.05) is 42.5 Å². The van der Waals surface area contributed by atoms with Gasteiger partial charge in [0.2, 0.25) is 0 Å². The maximum atomic E-state index is 13.3. The zero-order chi connectivity index (χ0) is 23.9. The number of amides is 1. The number of aromatic hydroxyl groups is 1. The SMILES string of the molecule is COc1ccc(Cc2ccc(N3CCOCC3)c(C(=O)NCc3ccc(OC)c(O)c3)c2)cc1. The van der Waals surface area contributed by atoms with Gasteiger partial charge in [-0.05, 0) is 59.5 Å². The van der Waals surface area contributed by atoms with Crippen molar-refractivity contribution in [1.82, 2.24) is 5.32 Å². The third-order valence-corrected chi connectivity index (χ3v) is 5.92. The molecule has 0 bridgehead atoms. The number of benzene rings is 3. The second-order valence-electron chi connectivity index (χ2n) is 8.16. The molecule has 0 atom stereocenters. The van der Waals surface area contributed by atoms with Crippen molar-refractivity contribution >= 4 is 11.6 Å². The van der Waals surface area contributed by atoms with Gasteiger partial charge in [-0.2, -0.15) is 0 Å². The molecule has 1 aliphatic rings. The van der Waals surface area contributed by atoms with Crippen LogP contribution in [0.3, 0.4) is 0 Å². The molecule has 3 aromatic rings. The van der Waals surface area contributed by atoms with Gasteiger partial charge >= 0.3 is 0 Å². The smallest absolute Gasteiger partial charge is 0.253 e. The molecule has 0 radical (unpaired) electrons. The molecule has 1 heterocycles. The number of ether oxygens (including phenoxy) is 3. The van der Waals surface area contributed by atoms with Gasteiger partial charge in [0.1, 0.15) is 5.75 Å². The van der Waals surface area contributed by atoms with Crippen LogP contribution in [0.4, 0.5) is 5.69 Å². The molecule has 4 rings (SSSR count). The summed E-state index contributed by atoms with van der Waals surface area (Å²) in [6.07, 6.45) is 0.708. The predicted octanol–water partition coefficient (Wildman–Crippen LogP) is 3.77. The van der Waals surface area contributed by atoms with Crippen molar-refractivity contribution in [3.8, 4) is 17.2 Å². The van der Waals surface area contributed by atoms with Crippen LogP contribution in [0, 0.1) is 0 Å². The third-order valence-electron chi connectivity index (χ3n) is 5.92. The van der Waals surface area contributed by atoms with Crippen LogP contribution in [0.25, 0.3) is 0 Å². The number of nitrogens with zero attached hydrogens (tertiary/aromatic N) is 1. The van der Waals surface area contributed by atoms with Crippen LogP contribution in [0.2, 0.25) is 0 Å². The Balaban J connectivity index is 1.55. The molecule has 178 valence electrons. The Bertz CT molecular complexity index is 1120. The van der Waals surface area contributed by atoms with Gasteiger partial charge in [0, 0.05) is 25.3 Å². The Morgan fingerprint density at radius 2 is 1.65 bits per heavy atom. The minimum Gasteiger partial charge on any atom is -0.504 e. The lowest BCUT2D eigenvalue weighted by atomic mass is 10.00. The first kappa shape index (κ1) is 23.4. The quantitative estimate of drug-likeness (QED) is 0.531. The number of hydrogen-bond acceptors (Lipinski definition) is 6. The standard InChI is InChI=1S/C27H30N2O5/c1-32-22-7-3-19(4-8-22)15-20-5-9-24(29-11-13-34-14-12-29)23(16-20)27(31)28-18-21-6-10-26(33-2)25(30)17-21/h3-10,16-17,30H,11-15,18H2,1-2H3,(H,28,31).